The zero-order valence-corrected chi connectivity index (χ0v) is 7.52. The Hall–Kier alpha value is -0.840. The third kappa shape index (κ3) is 2.65. The Bertz CT molecular complexity index is 237. The lowest BCUT2D eigenvalue weighted by atomic mass is 10.3. The molecule has 0 spiro atoms. The zero-order valence-electron chi connectivity index (χ0n) is 6.70. The molecule has 0 radical (unpaired) electrons. The monoisotopic (exact) mass is 187 g/mol. The predicted molar refractivity (Wildman–Crippen MR) is 46.5 cm³/mol. The van der Waals surface area contributed by atoms with Gasteiger partial charge in [0.1, 0.15) is 0 Å². The van der Waals surface area contributed by atoms with Crippen molar-refractivity contribution in [2.45, 2.75) is 13.3 Å². The minimum Gasteiger partial charge on any atom is -0.466 e. The molecule has 0 saturated heterocycles. The second-order valence-corrected chi connectivity index (χ2v) is 3.14. The number of ether oxygens (including phenoxy) is 1. The van der Waals surface area contributed by atoms with Crippen LogP contribution in [0.2, 0.25) is 0 Å². The van der Waals surface area contributed by atoms with Gasteiger partial charge in [-0.2, -0.15) is 0 Å². The molecule has 1 amide bonds. The molecule has 1 rings (SSSR count). The molecule has 0 unspecified atom stereocenters. The average molecular weight is 187 g/mol. The van der Waals surface area contributed by atoms with Gasteiger partial charge in [0.25, 0.3) is 0 Å². The second-order valence-electron chi connectivity index (χ2n) is 2.21. The summed E-state index contributed by atoms with van der Waals surface area (Å²) in [4.78, 5) is 25.1. The SMILES string of the molecule is CCOC(=O)CC1=NC(=O)SC1. The molecule has 66 valence electrons. The molecule has 12 heavy (non-hydrogen) atoms. The van der Waals surface area contributed by atoms with Gasteiger partial charge in [-0.15, -0.1) is 0 Å². The molecule has 0 aliphatic carbocycles. The van der Waals surface area contributed by atoms with Gasteiger partial charge in [0.15, 0.2) is 0 Å². The van der Waals surface area contributed by atoms with Crippen LogP contribution >= 0.6 is 11.8 Å². The summed E-state index contributed by atoms with van der Waals surface area (Å²) in [6, 6.07) is 0. The number of carbonyl (C=O) groups is 2. The normalized spacial score (nSPS) is 16.1. The highest BCUT2D eigenvalue weighted by atomic mass is 32.2. The van der Waals surface area contributed by atoms with Crippen molar-refractivity contribution in [1.82, 2.24) is 0 Å². The third-order valence-electron chi connectivity index (χ3n) is 1.27. The summed E-state index contributed by atoms with van der Waals surface area (Å²) in [5, 5.41) is -0.214. The molecular weight excluding hydrogens is 178 g/mol. The number of nitrogens with zero attached hydrogens (tertiary/aromatic N) is 1. The molecule has 0 saturated carbocycles. The Kier molecular flexibility index (Phi) is 3.28. The van der Waals surface area contributed by atoms with Gasteiger partial charge in [0.2, 0.25) is 0 Å². The van der Waals surface area contributed by atoms with E-state index in [0.717, 1.165) is 11.8 Å². The van der Waals surface area contributed by atoms with Crippen molar-refractivity contribution in [1.29, 1.82) is 0 Å². The molecule has 0 aromatic carbocycles. The number of rotatable bonds is 3. The number of thioether (sulfide) groups is 1. The van der Waals surface area contributed by atoms with E-state index in [2.05, 4.69) is 4.99 Å². The van der Waals surface area contributed by atoms with E-state index >= 15 is 0 Å². The molecule has 1 aliphatic rings. The first-order valence-electron chi connectivity index (χ1n) is 3.61. The van der Waals surface area contributed by atoms with E-state index in [1.807, 2.05) is 0 Å². The first kappa shape index (κ1) is 9.25. The maximum absolute atomic E-state index is 10.9. The first-order valence-corrected chi connectivity index (χ1v) is 4.59. The van der Waals surface area contributed by atoms with Crippen LogP contribution in [0.3, 0.4) is 0 Å². The van der Waals surface area contributed by atoms with Crippen molar-refractivity contribution in [3.63, 3.8) is 0 Å². The lowest BCUT2D eigenvalue weighted by Gasteiger charge is -1.98. The third-order valence-corrected chi connectivity index (χ3v) is 2.08. The standard InChI is InChI=1S/C7H9NO3S/c1-2-11-6(9)3-5-4-12-7(10)8-5/h2-4H2,1H3. The maximum atomic E-state index is 10.9. The minimum absolute atomic E-state index is 0.145. The van der Waals surface area contributed by atoms with Crippen molar-refractivity contribution in [3.05, 3.63) is 0 Å². The van der Waals surface area contributed by atoms with Gasteiger partial charge in [-0.3, -0.25) is 9.59 Å². The Morgan fingerprint density at radius 2 is 2.50 bits per heavy atom. The summed E-state index contributed by atoms with van der Waals surface area (Å²) in [6.07, 6.45) is 0.145. The molecule has 5 heteroatoms. The highest BCUT2D eigenvalue weighted by Gasteiger charge is 2.17. The fraction of sp³-hybridized carbons (Fsp3) is 0.571. The quantitative estimate of drug-likeness (QED) is 0.624. The van der Waals surface area contributed by atoms with Crippen LogP contribution in [0.5, 0.6) is 0 Å². The van der Waals surface area contributed by atoms with E-state index in [0.29, 0.717) is 18.1 Å². The first-order chi connectivity index (χ1) is 5.72. The number of carbonyl (C=O) groups excluding carboxylic acids is 2. The van der Waals surface area contributed by atoms with Crippen LogP contribution in [0.4, 0.5) is 4.79 Å². The fourth-order valence-corrected chi connectivity index (χ4v) is 1.46. The van der Waals surface area contributed by atoms with Crippen LogP contribution in [0.25, 0.3) is 0 Å². The number of hydrogen-bond acceptors (Lipinski definition) is 4. The number of hydrogen-bond donors (Lipinski definition) is 0. The summed E-state index contributed by atoms with van der Waals surface area (Å²) in [5.41, 5.74) is 0.614. The molecular formula is C7H9NO3S. The molecule has 1 aliphatic heterocycles. The molecule has 0 atom stereocenters. The van der Waals surface area contributed by atoms with E-state index in [-0.39, 0.29) is 17.6 Å². The lowest BCUT2D eigenvalue weighted by molar-refractivity contribution is -0.141. The van der Waals surface area contributed by atoms with Crippen LogP contribution in [0, 0.1) is 0 Å². The summed E-state index contributed by atoms with van der Waals surface area (Å²) in [7, 11) is 0. The topological polar surface area (TPSA) is 55.7 Å². The highest BCUT2D eigenvalue weighted by Crippen LogP contribution is 2.15. The van der Waals surface area contributed by atoms with Crippen molar-refractivity contribution in [2.75, 3.05) is 12.4 Å². The molecule has 0 aromatic heterocycles. The summed E-state index contributed by atoms with van der Waals surface area (Å²) in [5.74, 6) is 0.212. The Morgan fingerprint density at radius 3 is 3.00 bits per heavy atom. The lowest BCUT2D eigenvalue weighted by Crippen LogP contribution is -2.11. The van der Waals surface area contributed by atoms with Crippen molar-refractivity contribution in [3.8, 4) is 0 Å². The predicted octanol–water partition coefficient (Wildman–Crippen LogP) is 1.25. The Labute approximate surface area is 74.4 Å². The van der Waals surface area contributed by atoms with Gasteiger partial charge in [0.05, 0.1) is 13.0 Å². The Balaban J connectivity index is 2.36. The maximum Gasteiger partial charge on any atom is 0.311 e. The van der Waals surface area contributed by atoms with Crippen LogP contribution in [-0.2, 0) is 9.53 Å². The van der Waals surface area contributed by atoms with E-state index in [1.165, 1.54) is 0 Å². The van der Waals surface area contributed by atoms with Gasteiger partial charge in [-0.05, 0) is 6.92 Å². The van der Waals surface area contributed by atoms with Crippen LogP contribution in [0.1, 0.15) is 13.3 Å². The molecule has 4 nitrogen and oxygen atoms in total. The van der Waals surface area contributed by atoms with E-state index in [4.69, 9.17) is 4.74 Å². The van der Waals surface area contributed by atoms with Crippen molar-refractivity contribution in [2.24, 2.45) is 4.99 Å². The van der Waals surface area contributed by atoms with Gasteiger partial charge >= 0.3 is 11.2 Å². The molecule has 1 heterocycles. The number of esters is 1. The van der Waals surface area contributed by atoms with E-state index < -0.39 is 0 Å². The van der Waals surface area contributed by atoms with Crippen LogP contribution in [0.15, 0.2) is 4.99 Å². The van der Waals surface area contributed by atoms with Crippen molar-refractivity contribution < 1.29 is 14.3 Å². The molecule has 0 bridgehead atoms. The molecule has 0 fully saturated rings. The summed E-state index contributed by atoms with van der Waals surface area (Å²) < 4.78 is 4.70. The van der Waals surface area contributed by atoms with Gasteiger partial charge in [-0.1, -0.05) is 11.8 Å². The van der Waals surface area contributed by atoms with Crippen LogP contribution < -0.4 is 0 Å². The van der Waals surface area contributed by atoms with Gasteiger partial charge in [0, 0.05) is 11.5 Å². The second kappa shape index (κ2) is 4.25. The number of amides is 1. The van der Waals surface area contributed by atoms with Gasteiger partial charge < -0.3 is 4.74 Å². The summed E-state index contributed by atoms with van der Waals surface area (Å²) in [6.45, 7) is 2.11. The average Bonchev–Trinajstić information content (AvgIpc) is 2.36. The summed E-state index contributed by atoms with van der Waals surface area (Å²) >= 11 is 1.12. The largest absolute Gasteiger partial charge is 0.466 e. The van der Waals surface area contributed by atoms with E-state index in [9.17, 15) is 9.59 Å². The van der Waals surface area contributed by atoms with Crippen molar-refractivity contribution >= 4 is 28.7 Å². The fourth-order valence-electron chi connectivity index (χ4n) is 0.808. The molecule has 0 aromatic rings. The number of aliphatic imine (C=N–C) groups is 1. The highest BCUT2D eigenvalue weighted by molar-refractivity contribution is 8.14. The van der Waals surface area contributed by atoms with Gasteiger partial charge in [-0.25, -0.2) is 4.99 Å². The Morgan fingerprint density at radius 1 is 1.75 bits per heavy atom. The smallest absolute Gasteiger partial charge is 0.311 e. The minimum atomic E-state index is -0.313. The molecule has 0 N–H and O–H groups in total. The van der Waals surface area contributed by atoms with Crippen LogP contribution in [-0.4, -0.2) is 29.3 Å². The zero-order chi connectivity index (χ0) is 8.97. The van der Waals surface area contributed by atoms with E-state index in [1.54, 1.807) is 6.92 Å².